The van der Waals surface area contributed by atoms with Gasteiger partial charge in [-0.15, -0.1) is 0 Å². The maximum Gasteiger partial charge on any atom is 0.130 e. The third-order valence-corrected chi connectivity index (χ3v) is 2.86. The van der Waals surface area contributed by atoms with Gasteiger partial charge in [-0.3, -0.25) is 0 Å². The van der Waals surface area contributed by atoms with E-state index in [1.165, 1.54) is 24.3 Å². The molecule has 0 bridgehead atoms. The summed E-state index contributed by atoms with van der Waals surface area (Å²) in [7, 11) is 0. The molecule has 0 aliphatic heterocycles. The third kappa shape index (κ3) is 3.68. The molecule has 5 heteroatoms. The Hall–Kier alpha value is -3.18. The molecule has 108 valence electrons. The SMILES string of the molecule is N#CC(C#N)=Cc1ccc(F)cc1OCc1ccccc1F. The number of hydrogen-bond acceptors (Lipinski definition) is 3. The van der Waals surface area contributed by atoms with Crippen LogP contribution < -0.4 is 4.74 Å². The molecule has 3 nitrogen and oxygen atoms in total. The predicted octanol–water partition coefficient (Wildman–Crippen LogP) is 3.97. The largest absolute Gasteiger partial charge is 0.488 e. The van der Waals surface area contributed by atoms with Crippen molar-refractivity contribution in [2.45, 2.75) is 6.61 Å². The Morgan fingerprint density at radius 3 is 2.50 bits per heavy atom. The van der Waals surface area contributed by atoms with E-state index in [1.807, 2.05) is 0 Å². The molecule has 0 aliphatic carbocycles. The molecule has 0 saturated carbocycles. The maximum absolute atomic E-state index is 13.5. The van der Waals surface area contributed by atoms with Crippen LogP contribution in [0, 0.1) is 34.3 Å². The molecule has 2 aromatic rings. The first kappa shape index (κ1) is 15.2. The molecule has 0 unspecified atom stereocenters. The van der Waals surface area contributed by atoms with E-state index in [2.05, 4.69) is 0 Å². The zero-order valence-electron chi connectivity index (χ0n) is 11.4. The average molecular weight is 296 g/mol. The minimum Gasteiger partial charge on any atom is -0.488 e. The maximum atomic E-state index is 13.5. The molecular formula is C17H10F2N2O. The molecule has 0 aliphatic rings. The Labute approximate surface area is 126 Å². The molecule has 0 amide bonds. The highest BCUT2D eigenvalue weighted by Crippen LogP contribution is 2.24. The Bertz CT molecular complexity index is 785. The summed E-state index contributed by atoms with van der Waals surface area (Å²) in [6, 6.07) is 13.2. The number of halogens is 2. The van der Waals surface area contributed by atoms with Gasteiger partial charge in [0.2, 0.25) is 0 Å². The van der Waals surface area contributed by atoms with E-state index in [9.17, 15) is 8.78 Å². The van der Waals surface area contributed by atoms with E-state index in [0.717, 1.165) is 6.07 Å². The number of ether oxygens (including phenoxy) is 1. The van der Waals surface area contributed by atoms with Gasteiger partial charge < -0.3 is 4.74 Å². The predicted molar refractivity (Wildman–Crippen MR) is 76.3 cm³/mol. The fourth-order valence-electron chi connectivity index (χ4n) is 1.77. The Morgan fingerprint density at radius 1 is 1.09 bits per heavy atom. The molecule has 2 aromatic carbocycles. The molecule has 0 fully saturated rings. The van der Waals surface area contributed by atoms with Crippen molar-refractivity contribution in [2.24, 2.45) is 0 Å². The smallest absolute Gasteiger partial charge is 0.130 e. The molecule has 0 heterocycles. The number of nitrogens with zero attached hydrogens (tertiary/aromatic N) is 2. The standard InChI is InChI=1S/C17H10F2N2O/c18-15-6-5-13(7-12(9-20)10-21)17(8-15)22-11-14-3-1-2-4-16(14)19/h1-8H,11H2. The van der Waals surface area contributed by atoms with Crippen LogP contribution in [0.15, 0.2) is 48.0 Å². The molecule has 2 rings (SSSR count). The van der Waals surface area contributed by atoms with Gasteiger partial charge in [0.1, 0.15) is 41.7 Å². The molecule has 0 spiro atoms. The summed E-state index contributed by atoms with van der Waals surface area (Å²) in [4.78, 5) is 0. The molecule has 0 radical (unpaired) electrons. The summed E-state index contributed by atoms with van der Waals surface area (Å²) >= 11 is 0. The summed E-state index contributed by atoms with van der Waals surface area (Å²) in [6.45, 7) is -0.0919. The number of nitriles is 2. The van der Waals surface area contributed by atoms with Gasteiger partial charge in [0, 0.05) is 17.2 Å². The quantitative estimate of drug-likeness (QED) is 0.802. The van der Waals surface area contributed by atoms with Crippen LogP contribution in [0.2, 0.25) is 0 Å². The van der Waals surface area contributed by atoms with Gasteiger partial charge in [-0.1, -0.05) is 18.2 Å². The van der Waals surface area contributed by atoms with Crippen LogP contribution in [0.4, 0.5) is 8.78 Å². The zero-order valence-corrected chi connectivity index (χ0v) is 11.4. The van der Waals surface area contributed by atoms with Crippen LogP contribution in [0.3, 0.4) is 0 Å². The van der Waals surface area contributed by atoms with Crippen molar-refractivity contribution >= 4 is 6.08 Å². The van der Waals surface area contributed by atoms with Crippen molar-refractivity contribution in [1.82, 2.24) is 0 Å². The van der Waals surface area contributed by atoms with E-state index in [-0.39, 0.29) is 17.9 Å². The zero-order chi connectivity index (χ0) is 15.9. The summed E-state index contributed by atoms with van der Waals surface area (Å²) in [5, 5.41) is 17.5. The number of benzene rings is 2. The lowest BCUT2D eigenvalue weighted by Gasteiger charge is -2.10. The first-order valence-corrected chi connectivity index (χ1v) is 6.31. The topological polar surface area (TPSA) is 56.8 Å². The lowest BCUT2D eigenvalue weighted by atomic mass is 10.1. The average Bonchev–Trinajstić information content (AvgIpc) is 2.53. The van der Waals surface area contributed by atoms with Crippen molar-refractivity contribution in [2.75, 3.05) is 0 Å². The molecule has 22 heavy (non-hydrogen) atoms. The van der Waals surface area contributed by atoms with Gasteiger partial charge in [-0.2, -0.15) is 10.5 Å². The highest BCUT2D eigenvalue weighted by atomic mass is 19.1. The van der Waals surface area contributed by atoms with Gasteiger partial charge >= 0.3 is 0 Å². The Kier molecular flexibility index (Phi) is 4.85. The van der Waals surface area contributed by atoms with Crippen LogP contribution in [0.25, 0.3) is 6.08 Å². The molecule has 0 atom stereocenters. The molecule has 0 N–H and O–H groups in total. The van der Waals surface area contributed by atoms with Gasteiger partial charge in [-0.25, -0.2) is 8.78 Å². The summed E-state index contributed by atoms with van der Waals surface area (Å²) < 4.78 is 32.3. The fraction of sp³-hybridized carbons (Fsp3) is 0.0588. The lowest BCUT2D eigenvalue weighted by Crippen LogP contribution is -2.00. The Morgan fingerprint density at radius 2 is 1.82 bits per heavy atom. The lowest BCUT2D eigenvalue weighted by molar-refractivity contribution is 0.297. The molecule has 0 saturated heterocycles. The second-order valence-corrected chi connectivity index (χ2v) is 4.34. The summed E-state index contributed by atoms with van der Waals surface area (Å²) in [5.74, 6) is -0.826. The van der Waals surface area contributed by atoms with Crippen molar-refractivity contribution in [3.05, 3.63) is 70.8 Å². The molecular weight excluding hydrogens is 286 g/mol. The first-order valence-electron chi connectivity index (χ1n) is 6.31. The number of allylic oxidation sites excluding steroid dienone is 1. The second kappa shape index (κ2) is 7.01. The first-order chi connectivity index (χ1) is 10.6. The van der Waals surface area contributed by atoms with E-state index in [1.54, 1.807) is 30.3 Å². The Balaban J connectivity index is 2.29. The normalized spacial score (nSPS) is 9.45. The summed E-state index contributed by atoms with van der Waals surface area (Å²) in [5.41, 5.74) is 0.556. The van der Waals surface area contributed by atoms with Gasteiger partial charge in [0.25, 0.3) is 0 Å². The minimum atomic E-state index is -0.531. The highest BCUT2D eigenvalue weighted by molar-refractivity contribution is 5.66. The van der Waals surface area contributed by atoms with Gasteiger partial charge in [0.15, 0.2) is 0 Å². The fourth-order valence-corrected chi connectivity index (χ4v) is 1.77. The summed E-state index contributed by atoms with van der Waals surface area (Å²) in [6.07, 6.45) is 1.29. The van der Waals surface area contributed by atoms with Gasteiger partial charge in [-0.05, 0) is 24.3 Å². The van der Waals surface area contributed by atoms with Crippen molar-refractivity contribution in [3.8, 4) is 17.9 Å². The molecule has 0 aromatic heterocycles. The van der Waals surface area contributed by atoms with Gasteiger partial charge in [0.05, 0.1) is 0 Å². The van der Waals surface area contributed by atoms with Crippen molar-refractivity contribution < 1.29 is 13.5 Å². The second-order valence-electron chi connectivity index (χ2n) is 4.34. The van der Waals surface area contributed by atoms with Crippen LogP contribution in [0.1, 0.15) is 11.1 Å². The van der Waals surface area contributed by atoms with E-state index >= 15 is 0 Å². The van der Waals surface area contributed by atoms with Crippen molar-refractivity contribution in [3.63, 3.8) is 0 Å². The minimum absolute atomic E-state index is 0.0919. The number of hydrogen-bond donors (Lipinski definition) is 0. The van der Waals surface area contributed by atoms with Crippen LogP contribution >= 0.6 is 0 Å². The number of rotatable bonds is 4. The van der Waals surface area contributed by atoms with Crippen molar-refractivity contribution in [1.29, 1.82) is 10.5 Å². The highest BCUT2D eigenvalue weighted by Gasteiger charge is 2.07. The third-order valence-electron chi connectivity index (χ3n) is 2.86. The van der Waals surface area contributed by atoms with Crippen LogP contribution in [-0.2, 0) is 6.61 Å². The van der Waals surface area contributed by atoms with E-state index in [4.69, 9.17) is 15.3 Å². The van der Waals surface area contributed by atoms with Crippen LogP contribution in [-0.4, -0.2) is 0 Å². The monoisotopic (exact) mass is 296 g/mol. The van der Waals surface area contributed by atoms with E-state index in [0.29, 0.717) is 11.1 Å². The van der Waals surface area contributed by atoms with E-state index < -0.39 is 11.6 Å². The van der Waals surface area contributed by atoms with Crippen LogP contribution in [0.5, 0.6) is 5.75 Å².